The largest absolute Gasteiger partial charge is 0.399 e. The molecule has 1 aliphatic heterocycles. The van der Waals surface area contributed by atoms with E-state index in [0.717, 1.165) is 38.0 Å². The van der Waals surface area contributed by atoms with Crippen LogP contribution in [-0.4, -0.2) is 30.4 Å². The van der Waals surface area contributed by atoms with Gasteiger partial charge in [-0.1, -0.05) is 18.2 Å². The highest BCUT2D eigenvalue weighted by atomic mass is 35.5. The quantitative estimate of drug-likeness (QED) is 0.723. The van der Waals surface area contributed by atoms with Gasteiger partial charge < -0.3 is 11.1 Å². The van der Waals surface area contributed by atoms with Crippen LogP contribution in [0.5, 0.6) is 0 Å². The van der Waals surface area contributed by atoms with Gasteiger partial charge in [-0.05, 0) is 74.2 Å². The molecule has 2 aromatic carbocycles. The Balaban J connectivity index is 0.00000182. The van der Waals surface area contributed by atoms with Crippen molar-refractivity contribution in [2.75, 3.05) is 30.7 Å². The predicted octanol–water partition coefficient (Wildman–Crippen LogP) is 4.14. The molecule has 0 spiro atoms. The van der Waals surface area contributed by atoms with Gasteiger partial charge in [0.25, 0.3) is 0 Å². The van der Waals surface area contributed by atoms with E-state index in [1.165, 1.54) is 17.7 Å². The fraction of sp³-hybridized carbons (Fsp3) is 0.350. The van der Waals surface area contributed by atoms with Crippen LogP contribution in [0.2, 0.25) is 0 Å². The number of carbonyl (C=O) groups excluding carboxylic acids is 1. The Bertz CT molecular complexity index is 719. The summed E-state index contributed by atoms with van der Waals surface area (Å²) < 4.78 is 13.0. The number of hydrogen-bond donors (Lipinski definition) is 2. The predicted molar refractivity (Wildman–Crippen MR) is 113 cm³/mol. The molecule has 0 saturated carbocycles. The third-order valence-corrected chi connectivity index (χ3v) is 4.68. The summed E-state index contributed by atoms with van der Waals surface area (Å²) in [4.78, 5) is 14.4. The summed E-state index contributed by atoms with van der Waals surface area (Å²) in [6.07, 6.45) is 3.09. The first-order valence-corrected chi connectivity index (χ1v) is 8.71. The number of amides is 1. The molecule has 0 aliphatic carbocycles. The number of likely N-dealkylation sites (tertiary alicyclic amines) is 1. The Labute approximate surface area is 172 Å². The van der Waals surface area contributed by atoms with Gasteiger partial charge in [0.2, 0.25) is 5.91 Å². The van der Waals surface area contributed by atoms with Crippen LogP contribution in [-0.2, 0) is 11.2 Å². The van der Waals surface area contributed by atoms with Crippen molar-refractivity contribution in [3.05, 3.63) is 59.9 Å². The number of benzene rings is 2. The average Bonchev–Trinajstić information content (AvgIpc) is 2.59. The Morgan fingerprint density at radius 3 is 2.41 bits per heavy atom. The highest BCUT2D eigenvalue weighted by Gasteiger charge is 2.21. The molecule has 3 rings (SSSR count). The summed E-state index contributed by atoms with van der Waals surface area (Å²) in [5.41, 5.74) is 8.27. The van der Waals surface area contributed by atoms with E-state index in [1.54, 1.807) is 12.1 Å². The molecule has 0 bridgehead atoms. The number of nitrogen functional groups attached to an aromatic ring is 1. The molecule has 0 radical (unpaired) electrons. The summed E-state index contributed by atoms with van der Waals surface area (Å²) in [5, 5.41) is 2.89. The van der Waals surface area contributed by atoms with Crippen LogP contribution in [0.15, 0.2) is 48.5 Å². The SMILES string of the molecule is Cl.Cl.Nc1cccc(NC(=O)CN2CCC(Cc3ccc(F)cc3)CC2)c1. The molecular formula is C20H26Cl2FN3O. The summed E-state index contributed by atoms with van der Waals surface area (Å²) in [7, 11) is 0. The maximum absolute atomic E-state index is 13.0. The van der Waals surface area contributed by atoms with Crippen LogP contribution in [0, 0.1) is 11.7 Å². The van der Waals surface area contributed by atoms with Crippen molar-refractivity contribution in [2.24, 2.45) is 5.92 Å². The van der Waals surface area contributed by atoms with E-state index in [1.807, 2.05) is 24.3 Å². The fourth-order valence-electron chi connectivity index (χ4n) is 3.32. The van der Waals surface area contributed by atoms with Crippen LogP contribution in [0.4, 0.5) is 15.8 Å². The maximum Gasteiger partial charge on any atom is 0.238 e. The molecule has 7 heteroatoms. The lowest BCUT2D eigenvalue weighted by atomic mass is 9.90. The molecule has 0 aromatic heterocycles. The van der Waals surface area contributed by atoms with Crippen molar-refractivity contribution in [3.8, 4) is 0 Å². The third-order valence-electron chi connectivity index (χ3n) is 4.68. The molecule has 4 nitrogen and oxygen atoms in total. The van der Waals surface area contributed by atoms with E-state index in [2.05, 4.69) is 10.2 Å². The number of carbonyl (C=O) groups is 1. The van der Waals surface area contributed by atoms with Gasteiger partial charge in [-0.2, -0.15) is 0 Å². The standard InChI is InChI=1S/C20H24FN3O.2ClH/c21-17-6-4-15(5-7-17)12-16-8-10-24(11-9-16)14-20(25)23-19-3-1-2-18(22)13-19;;/h1-7,13,16H,8-12,14,22H2,(H,23,25);2*1H. The average molecular weight is 414 g/mol. The summed E-state index contributed by atoms with van der Waals surface area (Å²) >= 11 is 0. The minimum Gasteiger partial charge on any atom is -0.399 e. The number of rotatable bonds is 5. The monoisotopic (exact) mass is 413 g/mol. The molecule has 1 heterocycles. The number of piperidine rings is 1. The van der Waals surface area contributed by atoms with Crippen molar-refractivity contribution < 1.29 is 9.18 Å². The number of nitrogens with zero attached hydrogens (tertiary/aromatic N) is 1. The van der Waals surface area contributed by atoms with Crippen molar-refractivity contribution in [2.45, 2.75) is 19.3 Å². The second-order valence-corrected chi connectivity index (χ2v) is 6.72. The van der Waals surface area contributed by atoms with Crippen molar-refractivity contribution >= 4 is 42.1 Å². The van der Waals surface area contributed by atoms with Gasteiger partial charge in [-0.15, -0.1) is 24.8 Å². The van der Waals surface area contributed by atoms with E-state index >= 15 is 0 Å². The number of nitrogens with one attached hydrogen (secondary N) is 1. The summed E-state index contributed by atoms with van der Waals surface area (Å²) in [6, 6.07) is 14.0. The van der Waals surface area contributed by atoms with Gasteiger partial charge in [0.1, 0.15) is 5.82 Å². The molecule has 27 heavy (non-hydrogen) atoms. The summed E-state index contributed by atoms with van der Waals surface area (Å²) in [6.45, 7) is 2.23. The van der Waals surface area contributed by atoms with Crippen LogP contribution >= 0.6 is 24.8 Å². The Morgan fingerprint density at radius 1 is 1.11 bits per heavy atom. The molecule has 148 valence electrons. The minimum absolute atomic E-state index is 0. The van der Waals surface area contributed by atoms with E-state index in [4.69, 9.17) is 5.73 Å². The van der Waals surface area contributed by atoms with Crippen LogP contribution in [0.3, 0.4) is 0 Å². The van der Waals surface area contributed by atoms with Crippen LogP contribution < -0.4 is 11.1 Å². The lowest BCUT2D eigenvalue weighted by Crippen LogP contribution is -2.39. The smallest absolute Gasteiger partial charge is 0.238 e. The zero-order valence-corrected chi connectivity index (χ0v) is 16.7. The molecule has 1 amide bonds. The summed E-state index contributed by atoms with van der Waals surface area (Å²) in [5.74, 6) is 0.394. The molecule has 1 fully saturated rings. The zero-order valence-electron chi connectivity index (χ0n) is 15.1. The molecule has 1 saturated heterocycles. The first-order chi connectivity index (χ1) is 12.1. The van der Waals surface area contributed by atoms with E-state index in [0.29, 0.717) is 18.2 Å². The van der Waals surface area contributed by atoms with Crippen molar-refractivity contribution in [3.63, 3.8) is 0 Å². The third kappa shape index (κ3) is 7.37. The Kier molecular flexibility index (Phi) is 9.56. The fourth-order valence-corrected chi connectivity index (χ4v) is 3.32. The lowest BCUT2D eigenvalue weighted by molar-refractivity contribution is -0.117. The maximum atomic E-state index is 13.0. The number of anilines is 2. The number of nitrogens with two attached hydrogens (primary N) is 1. The van der Waals surface area contributed by atoms with Crippen LogP contribution in [0.1, 0.15) is 18.4 Å². The molecule has 2 aromatic rings. The normalized spacial score (nSPS) is 14.7. The van der Waals surface area contributed by atoms with Crippen molar-refractivity contribution in [1.29, 1.82) is 0 Å². The Hall–Kier alpha value is -1.82. The van der Waals surface area contributed by atoms with Gasteiger partial charge in [0.15, 0.2) is 0 Å². The highest BCUT2D eigenvalue weighted by Crippen LogP contribution is 2.22. The van der Waals surface area contributed by atoms with Gasteiger partial charge in [0.05, 0.1) is 6.54 Å². The van der Waals surface area contributed by atoms with Gasteiger partial charge in [-0.25, -0.2) is 4.39 Å². The molecule has 0 atom stereocenters. The van der Waals surface area contributed by atoms with E-state index < -0.39 is 0 Å². The lowest BCUT2D eigenvalue weighted by Gasteiger charge is -2.31. The van der Waals surface area contributed by atoms with Gasteiger partial charge in [-0.3, -0.25) is 9.69 Å². The molecule has 1 aliphatic rings. The van der Waals surface area contributed by atoms with Gasteiger partial charge >= 0.3 is 0 Å². The second-order valence-electron chi connectivity index (χ2n) is 6.72. The second kappa shape index (κ2) is 11.1. The molecule has 3 N–H and O–H groups in total. The first kappa shape index (κ1) is 23.2. The molecular weight excluding hydrogens is 388 g/mol. The van der Waals surface area contributed by atoms with E-state index in [9.17, 15) is 9.18 Å². The van der Waals surface area contributed by atoms with Crippen molar-refractivity contribution in [1.82, 2.24) is 4.90 Å². The highest BCUT2D eigenvalue weighted by molar-refractivity contribution is 5.92. The zero-order chi connectivity index (χ0) is 17.6. The topological polar surface area (TPSA) is 58.4 Å². The number of hydrogen-bond acceptors (Lipinski definition) is 3. The Morgan fingerprint density at radius 2 is 1.78 bits per heavy atom. The van der Waals surface area contributed by atoms with Crippen LogP contribution in [0.25, 0.3) is 0 Å². The number of halogens is 3. The van der Waals surface area contributed by atoms with E-state index in [-0.39, 0.29) is 36.5 Å². The van der Waals surface area contributed by atoms with Gasteiger partial charge in [0, 0.05) is 11.4 Å². The first-order valence-electron chi connectivity index (χ1n) is 8.71. The minimum atomic E-state index is -0.190. The molecule has 0 unspecified atom stereocenters.